The van der Waals surface area contributed by atoms with Crippen LogP contribution in [0.15, 0.2) is 36.4 Å². The quantitative estimate of drug-likeness (QED) is 0.104. The minimum absolute atomic E-state index is 0.00834. The van der Waals surface area contributed by atoms with Crippen LogP contribution >= 0.6 is 0 Å². The Hall–Kier alpha value is -3.86. The van der Waals surface area contributed by atoms with Crippen LogP contribution in [0.25, 0.3) is 22.2 Å². The van der Waals surface area contributed by atoms with Gasteiger partial charge in [-0.25, -0.2) is 0 Å². The van der Waals surface area contributed by atoms with E-state index in [-0.39, 0.29) is 13.0 Å². The Kier molecular flexibility index (Phi) is 12.8. The van der Waals surface area contributed by atoms with Crippen molar-refractivity contribution in [1.82, 2.24) is 9.88 Å². The number of benzene rings is 2. The maximum absolute atomic E-state index is 14.0. The van der Waals surface area contributed by atoms with E-state index in [9.17, 15) is 61.9 Å². The Morgan fingerprint density at radius 2 is 1.31 bits per heavy atom. The maximum atomic E-state index is 14.0. The average molecular weight is 769 g/mol. The Balaban J connectivity index is 1.52. The summed E-state index contributed by atoms with van der Waals surface area (Å²) in [6, 6.07) is 11.3. The minimum atomic E-state index is -7.92. The molecule has 0 atom stereocenters. The number of nitrogens with zero attached hydrogens (tertiary/aromatic N) is 1. The Morgan fingerprint density at radius 3 is 1.87 bits per heavy atom. The van der Waals surface area contributed by atoms with E-state index in [1.165, 1.54) is 7.05 Å². The number of carbonyl (C=O) groups is 1. The lowest BCUT2D eigenvalue weighted by molar-refractivity contribution is -0.440. The number of amides is 1. The van der Waals surface area contributed by atoms with Gasteiger partial charge in [0.15, 0.2) is 0 Å². The van der Waals surface area contributed by atoms with Gasteiger partial charge in [-0.2, -0.15) is 57.1 Å². The van der Waals surface area contributed by atoms with Crippen molar-refractivity contribution in [2.24, 2.45) is 0 Å². The third kappa shape index (κ3) is 8.04. The molecule has 3 aromatic rings. The largest absolute Gasteiger partial charge is 0.497 e. The molecule has 1 aromatic heterocycles. The Bertz CT molecular complexity index is 1670. The van der Waals surface area contributed by atoms with Crippen LogP contribution in [0.3, 0.4) is 0 Å². The van der Waals surface area contributed by atoms with E-state index in [1.54, 1.807) is 14.2 Å². The highest BCUT2D eigenvalue weighted by Gasteiger charge is 2.90. The molecule has 3 rings (SSSR count). The van der Waals surface area contributed by atoms with E-state index in [0.717, 1.165) is 38.2 Å². The number of ether oxygens (including phenoxy) is 2. The second-order valence-corrected chi connectivity index (χ2v) is 12.4. The molecule has 2 aromatic carbocycles. The summed E-state index contributed by atoms with van der Waals surface area (Å²) >= 11 is 0. The van der Waals surface area contributed by atoms with E-state index < -0.39 is 61.0 Å². The summed E-state index contributed by atoms with van der Waals surface area (Å²) < 4.78 is 184. The third-order valence-corrected chi connectivity index (χ3v) is 8.85. The molecule has 5 nitrogen and oxygen atoms in total. The molecule has 1 amide bonds. The topological polar surface area (TPSA) is 54.6 Å². The summed E-state index contributed by atoms with van der Waals surface area (Å²) in [7, 11) is 4.36. The van der Waals surface area contributed by atoms with Gasteiger partial charge in [-0.1, -0.05) is 6.42 Å². The molecule has 292 valence electrons. The number of hydrogen-bond donors (Lipinski definition) is 1. The number of nitrogens with one attached hydrogen (secondary N) is 1. The molecule has 1 heterocycles. The van der Waals surface area contributed by atoms with E-state index in [2.05, 4.69) is 4.98 Å². The van der Waals surface area contributed by atoms with Crippen molar-refractivity contribution >= 4 is 16.8 Å². The summed E-state index contributed by atoms with van der Waals surface area (Å²) in [6.07, 6.45) is -9.18. The van der Waals surface area contributed by atoms with Crippen LogP contribution in [0.4, 0.5) is 57.1 Å². The Labute approximate surface area is 290 Å². The van der Waals surface area contributed by atoms with Crippen molar-refractivity contribution < 1.29 is 71.3 Å². The SMILES string of the molecule is COc1ccc(-c2[nH]c3ccc(OC)c(CCCCCC(=O)N(C)CCCCC(F)(F)C(F)(F)C(F)(F)C(F)(F)C(F)(F)C(F)(F)F)c3c2C)cc1. The first kappa shape index (κ1) is 42.6. The molecule has 0 radical (unpaired) electrons. The fourth-order valence-electron chi connectivity index (χ4n) is 5.73. The van der Waals surface area contributed by atoms with E-state index >= 15 is 0 Å². The monoisotopic (exact) mass is 768 g/mol. The number of hydrogen-bond acceptors (Lipinski definition) is 3. The zero-order valence-electron chi connectivity index (χ0n) is 28.4. The standard InChI is InChI=1S/C34H37F13N2O3/c1-20-27-23(25(52-4)17-16-24(27)48-28(20)21-12-14-22(51-3)15-13-21)10-6-5-7-11-26(50)49(2)19-9-8-18-29(35,36)30(37,38)31(39,40)32(41,42)33(43,44)34(45,46)47/h12-17,48H,5-11,18-19H2,1-4H3. The van der Waals surface area contributed by atoms with Gasteiger partial charge in [-0.05, 0) is 86.6 Å². The molecular formula is C34H37F13N2O3. The average Bonchev–Trinajstić information content (AvgIpc) is 3.41. The van der Waals surface area contributed by atoms with Crippen molar-refractivity contribution in [3.63, 3.8) is 0 Å². The summed E-state index contributed by atoms with van der Waals surface area (Å²) in [5.41, 5.74) is 4.72. The zero-order valence-corrected chi connectivity index (χ0v) is 28.4. The number of H-pyrrole nitrogens is 1. The number of methoxy groups -OCH3 is 2. The smallest absolute Gasteiger partial charge is 0.460 e. The second-order valence-electron chi connectivity index (χ2n) is 12.4. The second kappa shape index (κ2) is 15.6. The lowest BCUT2D eigenvalue weighted by Crippen LogP contribution is -2.70. The number of aromatic amines is 1. The van der Waals surface area contributed by atoms with E-state index in [0.29, 0.717) is 37.2 Å². The molecule has 0 bridgehead atoms. The molecule has 0 saturated carbocycles. The molecule has 0 fully saturated rings. The van der Waals surface area contributed by atoms with Crippen LogP contribution < -0.4 is 9.47 Å². The molecule has 0 aliphatic carbocycles. The number of rotatable bonds is 18. The third-order valence-electron chi connectivity index (χ3n) is 8.85. The highest BCUT2D eigenvalue weighted by atomic mass is 19.4. The Morgan fingerprint density at radius 1 is 0.712 bits per heavy atom. The molecule has 0 saturated heterocycles. The predicted molar refractivity (Wildman–Crippen MR) is 166 cm³/mol. The van der Waals surface area contributed by atoms with Gasteiger partial charge in [0.05, 0.1) is 14.2 Å². The molecule has 0 aliphatic rings. The van der Waals surface area contributed by atoms with Crippen molar-refractivity contribution in [2.75, 3.05) is 27.8 Å². The first-order valence-corrected chi connectivity index (χ1v) is 15.9. The fraction of sp³-hybridized carbons (Fsp3) is 0.559. The highest BCUT2D eigenvalue weighted by molar-refractivity contribution is 5.94. The number of halogens is 13. The molecule has 1 N–H and O–H groups in total. The number of carbonyl (C=O) groups excluding carboxylic acids is 1. The van der Waals surface area contributed by atoms with Crippen molar-refractivity contribution in [2.45, 2.75) is 94.1 Å². The van der Waals surface area contributed by atoms with Gasteiger partial charge in [0.2, 0.25) is 5.91 Å². The van der Waals surface area contributed by atoms with Crippen molar-refractivity contribution in [3.05, 3.63) is 47.5 Å². The first-order chi connectivity index (χ1) is 23.9. The molecular weight excluding hydrogens is 731 g/mol. The van der Waals surface area contributed by atoms with Crippen LogP contribution in [0, 0.1) is 6.92 Å². The number of fused-ring (bicyclic) bond motifs is 1. The highest BCUT2D eigenvalue weighted by Crippen LogP contribution is 2.60. The summed E-state index contributed by atoms with van der Waals surface area (Å²) in [5.74, 6) is -36.0. The van der Waals surface area contributed by atoms with Crippen LogP contribution in [0.2, 0.25) is 0 Å². The number of unbranched alkanes of at least 4 members (excludes halogenated alkanes) is 3. The predicted octanol–water partition coefficient (Wildman–Crippen LogP) is 10.6. The van der Waals surface area contributed by atoms with Gasteiger partial charge in [0.1, 0.15) is 11.5 Å². The van der Waals surface area contributed by atoms with Gasteiger partial charge in [0, 0.05) is 48.6 Å². The number of aryl methyl sites for hydroxylation is 2. The fourth-order valence-corrected chi connectivity index (χ4v) is 5.73. The minimum Gasteiger partial charge on any atom is -0.497 e. The van der Waals surface area contributed by atoms with Gasteiger partial charge in [-0.3, -0.25) is 4.79 Å². The van der Waals surface area contributed by atoms with Crippen LogP contribution in [-0.2, 0) is 11.2 Å². The van der Waals surface area contributed by atoms with Crippen molar-refractivity contribution in [1.29, 1.82) is 0 Å². The molecule has 0 unspecified atom stereocenters. The lowest BCUT2D eigenvalue weighted by atomic mass is 9.91. The first-order valence-electron chi connectivity index (χ1n) is 15.9. The molecule has 0 aliphatic heterocycles. The normalized spacial score (nSPS) is 13.5. The summed E-state index contributed by atoms with van der Waals surface area (Å²) in [5, 5.41) is 0.987. The van der Waals surface area contributed by atoms with Crippen LogP contribution in [-0.4, -0.2) is 79.4 Å². The zero-order chi connectivity index (χ0) is 39.5. The van der Waals surface area contributed by atoms with Gasteiger partial charge < -0.3 is 19.4 Å². The summed E-state index contributed by atoms with van der Waals surface area (Å²) in [6.45, 7) is 1.62. The number of aromatic nitrogens is 1. The van der Waals surface area contributed by atoms with Gasteiger partial charge in [-0.15, -0.1) is 0 Å². The van der Waals surface area contributed by atoms with Gasteiger partial charge in [0.25, 0.3) is 0 Å². The molecule has 52 heavy (non-hydrogen) atoms. The van der Waals surface area contributed by atoms with Crippen molar-refractivity contribution in [3.8, 4) is 22.8 Å². The molecule has 0 spiro atoms. The molecule has 18 heteroatoms. The van der Waals surface area contributed by atoms with E-state index in [1.807, 2.05) is 43.3 Å². The lowest BCUT2D eigenvalue weighted by Gasteiger charge is -2.39. The van der Waals surface area contributed by atoms with E-state index in [4.69, 9.17) is 9.47 Å². The van der Waals surface area contributed by atoms with Crippen LogP contribution in [0.5, 0.6) is 11.5 Å². The van der Waals surface area contributed by atoms with Crippen LogP contribution in [0.1, 0.15) is 56.1 Å². The summed E-state index contributed by atoms with van der Waals surface area (Å²) in [4.78, 5) is 17.0. The maximum Gasteiger partial charge on any atom is 0.460 e. The van der Waals surface area contributed by atoms with Gasteiger partial charge >= 0.3 is 35.8 Å². The number of alkyl halides is 13.